The first kappa shape index (κ1) is 13.3. The molecule has 2 aromatic rings. The third kappa shape index (κ3) is 3.93. The van der Waals surface area contributed by atoms with Crippen molar-refractivity contribution in [3.63, 3.8) is 0 Å². The molecular weight excluding hydrogens is 246 g/mol. The van der Waals surface area contributed by atoms with E-state index in [1.165, 1.54) is 17.9 Å². The first-order chi connectivity index (χ1) is 9.27. The molecule has 0 aliphatic heterocycles. The highest BCUT2D eigenvalue weighted by atomic mass is 16.5. The zero-order valence-electron chi connectivity index (χ0n) is 10.4. The molecule has 0 atom stereocenters. The van der Waals surface area contributed by atoms with Gasteiger partial charge in [0.2, 0.25) is 0 Å². The summed E-state index contributed by atoms with van der Waals surface area (Å²) in [6.45, 7) is 0.743. The fourth-order valence-electron chi connectivity index (χ4n) is 1.74. The van der Waals surface area contributed by atoms with Crippen LogP contribution in [0, 0.1) is 0 Å². The van der Waals surface area contributed by atoms with E-state index in [1.54, 1.807) is 12.4 Å². The van der Waals surface area contributed by atoms with Gasteiger partial charge in [0, 0.05) is 19.0 Å². The standard InChI is InChI=1S/C14H15NO4/c16-14(17)12-5-9-19-13(12)10-18-8-1-2-11-3-6-15-7-4-11/h3-7,9H,1-2,8,10H2,(H,16,17). The monoisotopic (exact) mass is 261 g/mol. The summed E-state index contributed by atoms with van der Waals surface area (Å²) >= 11 is 0. The van der Waals surface area contributed by atoms with Crippen LogP contribution in [0.1, 0.15) is 28.1 Å². The van der Waals surface area contributed by atoms with Crippen molar-refractivity contribution in [3.8, 4) is 0 Å². The van der Waals surface area contributed by atoms with Crippen LogP contribution in [0.25, 0.3) is 0 Å². The van der Waals surface area contributed by atoms with Gasteiger partial charge in [0.25, 0.3) is 0 Å². The minimum absolute atomic E-state index is 0.161. The summed E-state index contributed by atoms with van der Waals surface area (Å²) in [4.78, 5) is 14.8. The lowest BCUT2D eigenvalue weighted by atomic mass is 10.1. The second-order valence-corrected chi connectivity index (χ2v) is 4.07. The smallest absolute Gasteiger partial charge is 0.339 e. The van der Waals surface area contributed by atoms with Crippen molar-refractivity contribution in [2.45, 2.75) is 19.4 Å². The van der Waals surface area contributed by atoms with E-state index in [1.807, 2.05) is 12.1 Å². The Morgan fingerprint density at radius 1 is 1.32 bits per heavy atom. The van der Waals surface area contributed by atoms with Crippen LogP contribution in [0.15, 0.2) is 41.3 Å². The molecular formula is C14H15NO4. The number of aromatic carboxylic acids is 1. The summed E-state index contributed by atoms with van der Waals surface area (Å²) in [6.07, 6.45) is 6.66. The number of nitrogens with zero attached hydrogens (tertiary/aromatic N) is 1. The maximum Gasteiger partial charge on any atom is 0.339 e. The number of rotatable bonds is 7. The molecule has 100 valence electrons. The van der Waals surface area contributed by atoms with Gasteiger partial charge in [0.05, 0.1) is 6.26 Å². The van der Waals surface area contributed by atoms with Gasteiger partial charge in [-0.2, -0.15) is 0 Å². The molecule has 0 aliphatic rings. The van der Waals surface area contributed by atoms with Gasteiger partial charge in [0.1, 0.15) is 17.9 Å². The summed E-state index contributed by atoms with van der Waals surface area (Å²) in [5, 5.41) is 8.88. The number of ether oxygens (including phenoxy) is 1. The van der Waals surface area contributed by atoms with E-state index in [0.717, 1.165) is 12.8 Å². The molecule has 0 bridgehead atoms. The Morgan fingerprint density at radius 2 is 2.11 bits per heavy atom. The molecule has 5 nitrogen and oxygen atoms in total. The minimum Gasteiger partial charge on any atom is -0.478 e. The Hall–Kier alpha value is -2.14. The number of carboxylic acids is 1. The Morgan fingerprint density at radius 3 is 2.84 bits per heavy atom. The van der Waals surface area contributed by atoms with Crippen LogP contribution in [-0.2, 0) is 17.8 Å². The van der Waals surface area contributed by atoms with E-state index in [4.69, 9.17) is 14.3 Å². The van der Waals surface area contributed by atoms with Crippen molar-refractivity contribution >= 4 is 5.97 Å². The maximum absolute atomic E-state index is 10.8. The van der Waals surface area contributed by atoms with Crippen molar-refractivity contribution in [2.24, 2.45) is 0 Å². The molecule has 0 saturated heterocycles. The summed E-state index contributed by atoms with van der Waals surface area (Å²) < 4.78 is 10.5. The van der Waals surface area contributed by atoms with E-state index in [-0.39, 0.29) is 12.2 Å². The molecule has 5 heteroatoms. The van der Waals surface area contributed by atoms with Gasteiger partial charge in [-0.25, -0.2) is 4.79 Å². The topological polar surface area (TPSA) is 72.6 Å². The average Bonchev–Trinajstić information content (AvgIpc) is 2.88. The van der Waals surface area contributed by atoms with Crippen molar-refractivity contribution in [1.29, 1.82) is 0 Å². The van der Waals surface area contributed by atoms with Gasteiger partial charge in [0.15, 0.2) is 0 Å². The molecule has 0 amide bonds. The van der Waals surface area contributed by atoms with Crippen molar-refractivity contribution in [2.75, 3.05) is 6.61 Å². The summed E-state index contributed by atoms with van der Waals surface area (Å²) in [5.74, 6) is -0.638. The van der Waals surface area contributed by atoms with E-state index in [2.05, 4.69) is 4.98 Å². The second-order valence-electron chi connectivity index (χ2n) is 4.07. The molecule has 0 aromatic carbocycles. The fourth-order valence-corrected chi connectivity index (χ4v) is 1.74. The first-order valence-corrected chi connectivity index (χ1v) is 6.03. The normalized spacial score (nSPS) is 10.5. The van der Waals surface area contributed by atoms with Gasteiger partial charge in [-0.05, 0) is 36.6 Å². The number of hydrogen-bond acceptors (Lipinski definition) is 4. The Labute approximate surface area is 110 Å². The second kappa shape index (κ2) is 6.70. The van der Waals surface area contributed by atoms with Gasteiger partial charge in [-0.3, -0.25) is 4.98 Å². The molecule has 0 spiro atoms. The van der Waals surface area contributed by atoms with Crippen LogP contribution >= 0.6 is 0 Å². The molecule has 0 fully saturated rings. The quantitative estimate of drug-likeness (QED) is 0.775. The predicted octanol–water partition coefficient (Wildman–Crippen LogP) is 2.52. The average molecular weight is 261 g/mol. The number of carbonyl (C=O) groups is 1. The van der Waals surface area contributed by atoms with Crippen molar-refractivity contribution < 1.29 is 19.1 Å². The number of aromatic nitrogens is 1. The molecule has 2 heterocycles. The lowest BCUT2D eigenvalue weighted by Gasteiger charge is -2.03. The maximum atomic E-state index is 10.8. The van der Waals surface area contributed by atoms with Gasteiger partial charge >= 0.3 is 5.97 Å². The molecule has 0 saturated carbocycles. The third-order valence-electron chi connectivity index (χ3n) is 2.71. The Balaban J connectivity index is 1.70. The highest BCUT2D eigenvalue weighted by molar-refractivity contribution is 5.88. The van der Waals surface area contributed by atoms with Crippen molar-refractivity contribution in [3.05, 3.63) is 53.7 Å². The zero-order chi connectivity index (χ0) is 13.5. The predicted molar refractivity (Wildman–Crippen MR) is 67.9 cm³/mol. The Kier molecular flexibility index (Phi) is 4.69. The van der Waals surface area contributed by atoms with Crippen LogP contribution in [0.4, 0.5) is 0 Å². The first-order valence-electron chi connectivity index (χ1n) is 6.03. The number of carboxylic acid groups (broad SMARTS) is 1. The summed E-state index contributed by atoms with van der Waals surface area (Å²) in [5.41, 5.74) is 1.37. The largest absolute Gasteiger partial charge is 0.478 e. The highest BCUT2D eigenvalue weighted by Gasteiger charge is 2.12. The lowest BCUT2D eigenvalue weighted by molar-refractivity contribution is 0.0678. The molecule has 2 aromatic heterocycles. The highest BCUT2D eigenvalue weighted by Crippen LogP contribution is 2.12. The van der Waals surface area contributed by atoms with E-state index >= 15 is 0 Å². The summed E-state index contributed by atoms with van der Waals surface area (Å²) in [6, 6.07) is 5.36. The molecule has 19 heavy (non-hydrogen) atoms. The number of aryl methyl sites for hydroxylation is 1. The minimum atomic E-state index is -0.996. The Bertz CT molecular complexity index is 521. The molecule has 0 unspecified atom stereocenters. The lowest BCUT2D eigenvalue weighted by Crippen LogP contribution is -2.02. The molecule has 0 aliphatic carbocycles. The molecule has 0 radical (unpaired) electrons. The van der Waals surface area contributed by atoms with Gasteiger partial charge in [-0.1, -0.05) is 0 Å². The van der Waals surface area contributed by atoms with Crippen LogP contribution in [0.2, 0.25) is 0 Å². The van der Waals surface area contributed by atoms with E-state index < -0.39 is 5.97 Å². The van der Waals surface area contributed by atoms with Gasteiger partial charge < -0.3 is 14.3 Å². The SMILES string of the molecule is O=C(O)c1ccoc1COCCCc1ccncc1. The third-order valence-corrected chi connectivity index (χ3v) is 2.71. The fraction of sp³-hybridized carbons (Fsp3) is 0.286. The number of pyridine rings is 1. The van der Waals surface area contributed by atoms with E-state index in [0.29, 0.717) is 12.4 Å². The van der Waals surface area contributed by atoms with Crippen molar-refractivity contribution in [1.82, 2.24) is 4.98 Å². The number of hydrogen-bond donors (Lipinski definition) is 1. The number of furan rings is 1. The zero-order valence-corrected chi connectivity index (χ0v) is 10.4. The van der Waals surface area contributed by atoms with Crippen LogP contribution in [-0.4, -0.2) is 22.7 Å². The van der Waals surface area contributed by atoms with E-state index in [9.17, 15) is 4.79 Å². The van der Waals surface area contributed by atoms with Crippen LogP contribution in [0.5, 0.6) is 0 Å². The molecule has 1 N–H and O–H groups in total. The summed E-state index contributed by atoms with van der Waals surface area (Å²) in [7, 11) is 0. The van der Waals surface area contributed by atoms with Crippen LogP contribution in [0.3, 0.4) is 0 Å². The van der Waals surface area contributed by atoms with Crippen LogP contribution < -0.4 is 0 Å². The molecule has 2 rings (SSSR count). The van der Waals surface area contributed by atoms with Gasteiger partial charge in [-0.15, -0.1) is 0 Å².